The predicted molar refractivity (Wildman–Crippen MR) is 96.0 cm³/mol. The number of nitro groups is 1. The van der Waals surface area contributed by atoms with E-state index in [0.717, 1.165) is 17.8 Å². The average Bonchev–Trinajstić information content (AvgIpc) is 3.07. The van der Waals surface area contributed by atoms with Gasteiger partial charge in [-0.25, -0.2) is 0 Å². The van der Waals surface area contributed by atoms with Crippen molar-refractivity contribution < 1.29 is 15.1 Å². The van der Waals surface area contributed by atoms with Crippen LogP contribution in [0.25, 0.3) is 0 Å². The van der Waals surface area contributed by atoms with Crippen molar-refractivity contribution in [2.24, 2.45) is 5.10 Å². The third kappa shape index (κ3) is 4.54. The Hall–Kier alpha value is -3.11. The number of aromatic nitrogens is 3. The second-order valence-electron chi connectivity index (χ2n) is 5.23. The van der Waals surface area contributed by atoms with Crippen LogP contribution in [0.5, 0.6) is 11.5 Å². The fourth-order valence-corrected chi connectivity index (χ4v) is 3.00. The van der Waals surface area contributed by atoms with Gasteiger partial charge in [0.2, 0.25) is 5.16 Å². The van der Waals surface area contributed by atoms with Gasteiger partial charge in [0.05, 0.1) is 11.1 Å². The van der Waals surface area contributed by atoms with E-state index in [9.17, 15) is 20.3 Å². The standard InChI is InChI=1S/C16H12ClN5O4S/c17-12-3-1-10(2-4-12)8-27-16-20-18-9-21(16)19-7-11-5-13(22(25)26)15(24)6-14(11)23/h1-7,9,23-24H,8H2/p-2/b19-7-. The van der Waals surface area contributed by atoms with E-state index in [1.54, 1.807) is 12.1 Å². The number of nitrogens with zero attached hydrogens (tertiary/aromatic N) is 5. The van der Waals surface area contributed by atoms with Gasteiger partial charge in [0.1, 0.15) is 6.33 Å². The number of halogens is 1. The zero-order chi connectivity index (χ0) is 19.4. The minimum atomic E-state index is -0.939. The summed E-state index contributed by atoms with van der Waals surface area (Å²) in [6, 6.07) is 8.89. The summed E-state index contributed by atoms with van der Waals surface area (Å²) in [5.74, 6) is -1.00. The fourth-order valence-electron chi connectivity index (χ4n) is 2.06. The lowest BCUT2D eigenvalue weighted by Crippen LogP contribution is -2.04. The molecule has 1 heterocycles. The smallest absolute Gasteiger partial charge is 0.262 e. The highest BCUT2D eigenvalue weighted by Crippen LogP contribution is 2.28. The van der Waals surface area contributed by atoms with E-state index in [-0.39, 0.29) is 5.56 Å². The van der Waals surface area contributed by atoms with Crippen LogP contribution >= 0.6 is 23.4 Å². The van der Waals surface area contributed by atoms with Gasteiger partial charge in [-0.2, -0.15) is 9.78 Å². The number of nitro benzene ring substituents is 1. The van der Waals surface area contributed by atoms with Gasteiger partial charge in [0.15, 0.2) is 0 Å². The molecule has 9 nitrogen and oxygen atoms in total. The molecular formula is C16H10ClN5O4S-2. The molecule has 3 rings (SSSR count). The summed E-state index contributed by atoms with van der Waals surface area (Å²) in [7, 11) is 0. The maximum Gasteiger partial charge on any atom is 0.262 e. The molecule has 1 aromatic heterocycles. The van der Waals surface area contributed by atoms with Gasteiger partial charge in [0, 0.05) is 16.8 Å². The molecule has 2 aromatic carbocycles. The highest BCUT2D eigenvalue weighted by molar-refractivity contribution is 7.98. The third-order valence-corrected chi connectivity index (χ3v) is 4.65. The van der Waals surface area contributed by atoms with Crippen LogP contribution in [-0.2, 0) is 5.75 Å². The molecule has 0 aliphatic carbocycles. The summed E-state index contributed by atoms with van der Waals surface area (Å²) in [4.78, 5) is 9.99. The van der Waals surface area contributed by atoms with Gasteiger partial charge < -0.3 is 10.2 Å². The average molecular weight is 404 g/mol. The lowest BCUT2D eigenvalue weighted by molar-refractivity contribution is -0.398. The Labute approximate surface area is 162 Å². The number of hydrogen-bond acceptors (Lipinski definition) is 8. The zero-order valence-corrected chi connectivity index (χ0v) is 15.1. The lowest BCUT2D eigenvalue weighted by Gasteiger charge is -2.15. The first kappa shape index (κ1) is 18.7. The lowest BCUT2D eigenvalue weighted by atomic mass is 10.2. The number of hydrogen-bond donors (Lipinski definition) is 0. The number of rotatable bonds is 6. The van der Waals surface area contributed by atoms with Gasteiger partial charge >= 0.3 is 0 Å². The Balaban J connectivity index is 1.77. The van der Waals surface area contributed by atoms with Crippen molar-refractivity contribution in [2.45, 2.75) is 10.9 Å². The summed E-state index contributed by atoms with van der Waals surface area (Å²) in [5, 5.41) is 47.0. The van der Waals surface area contributed by atoms with E-state index in [2.05, 4.69) is 15.3 Å². The van der Waals surface area contributed by atoms with Crippen molar-refractivity contribution in [1.29, 1.82) is 0 Å². The molecule has 0 saturated carbocycles. The molecule has 0 amide bonds. The van der Waals surface area contributed by atoms with Crippen LogP contribution in [0.2, 0.25) is 5.02 Å². The van der Waals surface area contributed by atoms with Crippen LogP contribution in [0, 0.1) is 10.1 Å². The van der Waals surface area contributed by atoms with Gasteiger partial charge in [-0.3, -0.25) is 10.1 Å². The van der Waals surface area contributed by atoms with Crippen molar-refractivity contribution in [1.82, 2.24) is 14.9 Å². The van der Waals surface area contributed by atoms with E-state index >= 15 is 0 Å². The van der Waals surface area contributed by atoms with Crippen molar-refractivity contribution >= 4 is 35.3 Å². The Morgan fingerprint density at radius 3 is 2.67 bits per heavy atom. The van der Waals surface area contributed by atoms with Crippen LogP contribution in [0.3, 0.4) is 0 Å². The summed E-state index contributed by atoms with van der Waals surface area (Å²) >= 11 is 7.21. The summed E-state index contributed by atoms with van der Waals surface area (Å²) < 4.78 is 1.33. The zero-order valence-electron chi connectivity index (χ0n) is 13.5. The molecular weight excluding hydrogens is 394 g/mol. The molecule has 27 heavy (non-hydrogen) atoms. The number of thioether (sulfide) groups is 1. The molecule has 0 radical (unpaired) electrons. The maximum atomic E-state index is 11.8. The SMILES string of the molecule is O=[N+]([O-])c1cc(/C=N\n2cnnc2SCc2ccc(Cl)cc2)c([O-])cc1[O-]. The minimum absolute atomic E-state index is 0.0800. The van der Waals surface area contributed by atoms with Crippen LogP contribution in [-0.4, -0.2) is 26.0 Å². The first-order valence-electron chi connectivity index (χ1n) is 7.42. The minimum Gasteiger partial charge on any atom is -0.872 e. The fraction of sp³-hybridized carbons (Fsp3) is 0.0625. The first-order chi connectivity index (χ1) is 12.9. The van der Waals surface area contributed by atoms with E-state index < -0.39 is 22.1 Å². The Kier molecular flexibility index (Phi) is 5.57. The molecule has 0 spiro atoms. The van der Waals surface area contributed by atoms with Crippen LogP contribution in [0.4, 0.5) is 5.69 Å². The Morgan fingerprint density at radius 1 is 1.22 bits per heavy atom. The molecule has 3 aromatic rings. The van der Waals surface area contributed by atoms with Crippen molar-refractivity contribution in [3.8, 4) is 11.5 Å². The molecule has 0 unspecified atom stereocenters. The second kappa shape index (κ2) is 8.06. The molecule has 0 atom stereocenters. The summed E-state index contributed by atoms with van der Waals surface area (Å²) in [6.07, 6.45) is 2.46. The van der Waals surface area contributed by atoms with Crippen molar-refractivity contribution in [2.75, 3.05) is 0 Å². The second-order valence-corrected chi connectivity index (χ2v) is 6.61. The molecule has 0 fully saturated rings. The van der Waals surface area contributed by atoms with Crippen molar-refractivity contribution in [3.63, 3.8) is 0 Å². The van der Waals surface area contributed by atoms with Crippen LogP contribution in [0.15, 0.2) is 53.0 Å². The van der Waals surface area contributed by atoms with Gasteiger partial charge in [-0.15, -0.1) is 15.9 Å². The molecule has 0 aliphatic rings. The largest absolute Gasteiger partial charge is 0.872 e. The predicted octanol–water partition coefficient (Wildman–Crippen LogP) is 2.16. The van der Waals surface area contributed by atoms with E-state index in [0.29, 0.717) is 22.0 Å². The summed E-state index contributed by atoms with van der Waals surface area (Å²) in [5.41, 5.74) is 0.257. The van der Waals surface area contributed by atoms with Crippen LogP contribution < -0.4 is 10.2 Å². The van der Waals surface area contributed by atoms with Gasteiger partial charge in [-0.1, -0.05) is 41.6 Å². The molecule has 0 N–H and O–H groups in total. The van der Waals surface area contributed by atoms with E-state index in [1.807, 2.05) is 12.1 Å². The van der Waals surface area contributed by atoms with E-state index in [1.165, 1.54) is 22.8 Å². The first-order valence-corrected chi connectivity index (χ1v) is 8.78. The molecule has 0 aliphatic heterocycles. The Morgan fingerprint density at radius 2 is 1.96 bits per heavy atom. The summed E-state index contributed by atoms with van der Waals surface area (Å²) in [6.45, 7) is 0. The Bertz CT molecular complexity index is 1010. The molecule has 11 heteroatoms. The third-order valence-electron chi connectivity index (χ3n) is 3.39. The van der Waals surface area contributed by atoms with Gasteiger partial charge in [-0.05, 0) is 29.0 Å². The normalized spacial score (nSPS) is 11.1. The van der Waals surface area contributed by atoms with E-state index in [4.69, 9.17) is 11.6 Å². The molecule has 138 valence electrons. The quantitative estimate of drug-likeness (QED) is 0.266. The topological polar surface area (TPSA) is 132 Å². The maximum absolute atomic E-state index is 11.8. The molecule has 0 bridgehead atoms. The van der Waals surface area contributed by atoms with Crippen LogP contribution in [0.1, 0.15) is 11.1 Å². The van der Waals surface area contributed by atoms with Crippen molar-refractivity contribution in [3.05, 3.63) is 69.0 Å². The highest BCUT2D eigenvalue weighted by Gasteiger charge is 2.09. The van der Waals surface area contributed by atoms with Gasteiger partial charge in [0.25, 0.3) is 5.69 Å². The molecule has 0 saturated heterocycles. The highest BCUT2D eigenvalue weighted by atomic mass is 35.5. The monoisotopic (exact) mass is 403 g/mol. The number of benzene rings is 2.